The van der Waals surface area contributed by atoms with E-state index in [1.165, 1.54) is 29.2 Å². The van der Waals surface area contributed by atoms with Crippen LogP contribution in [0.25, 0.3) is 0 Å². The Morgan fingerprint density at radius 2 is 1.71 bits per heavy atom. The average Bonchev–Trinajstić information content (AvgIpc) is 3.22. The molecule has 6 rings (SSSR count). The molecular weight excluding hydrogens is 534 g/mol. The fourth-order valence-electron chi connectivity index (χ4n) is 6.85. The smallest absolute Gasteiger partial charge is 0.258 e. The first-order valence-electron chi connectivity index (χ1n) is 12.4. The quantitative estimate of drug-likeness (QED) is 0.348. The molecule has 4 aliphatic rings. The zero-order chi connectivity index (χ0) is 27.1. The molecule has 0 spiro atoms. The molecule has 7 nitrogen and oxygen atoms in total. The molecule has 2 aliphatic carbocycles. The Bertz CT molecular complexity index is 1440. The second kappa shape index (κ2) is 8.38. The van der Waals surface area contributed by atoms with Crippen LogP contribution in [0.5, 0.6) is 5.75 Å². The van der Waals surface area contributed by atoms with Gasteiger partial charge in [0.05, 0.1) is 17.5 Å². The van der Waals surface area contributed by atoms with Crippen LogP contribution in [-0.2, 0) is 19.2 Å². The van der Waals surface area contributed by atoms with E-state index in [1.807, 2.05) is 6.08 Å². The van der Waals surface area contributed by atoms with Crippen molar-refractivity contribution in [1.82, 2.24) is 4.90 Å². The van der Waals surface area contributed by atoms with Gasteiger partial charge in [0.15, 0.2) is 9.75 Å². The van der Waals surface area contributed by atoms with Crippen LogP contribution in [-0.4, -0.2) is 49.9 Å². The maximum absolute atomic E-state index is 14.1. The fourth-order valence-corrected chi connectivity index (χ4v) is 7.79. The molecule has 0 bridgehead atoms. The Morgan fingerprint density at radius 1 is 1.00 bits per heavy atom. The van der Waals surface area contributed by atoms with Crippen molar-refractivity contribution in [3.05, 3.63) is 71.6 Å². The van der Waals surface area contributed by atoms with Gasteiger partial charge in [0.2, 0.25) is 11.8 Å². The van der Waals surface area contributed by atoms with E-state index in [4.69, 9.17) is 23.2 Å². The van der Waals surface area contributed by atoms with E-state index in [1.54, 1.807) is 19.1 Å². The van der Waals surface area contributed by atoms with Crippen molar-refractivity contribution in [2.45, 2.75) is 35.4 Å². The summed E-state index contributed by atoms with van der Waals surface area (Å²) in [7, 11) is 0. The molecule has 196 valence electrons. The van der Waals surface area contributed by atoms with Gasteiger partial charge in [-0.15, -0.1) is 23.2 Å². The molecule has 10 heteroatoms. The average molecular weight is 557 g/mol. The van der Waals surface area contributed by atoms with Crippen molar-refractivity contribution >= 4 is 52.5 Å². The molecule has 0 unspecified atom stereocenters. The second-order valence-corrected chi connectivity index (χ2v) is 11.5. The Morgan fingerprint density at radius 3 is 2.37 bits per heavy atom. The molecule has 2 aliphatic heterocycles. The number of aromatic hydroxyl groups is 1. The molecule has 6 atom stereocenters. The van der Waals surface area contributed by atoms with E-state index >= 15 is 0 Å². The second-order valence-electron chi connectivity index (χ2n) is 10.3. The Labute approximate surface area is 227 Å². The van der Waals surface area contributed by atoms with E-state index in [9.17, 15) is 28.7 Å². The highest BCUT2D eigenvalue weighted by Crippen LogP contribution is 2.65. The lowest BCUT2D eigenvalue weighted by Gasteiger charge is -2.50. The van der Waals surface area contributed by atoms with Gasteiger partial charge in [0.25, 0.3) is 11.8 Å². The van der Waals surface area contributed by atoms with Crippen LogP contribution in [0.3, 0.4) is 0 Å². The number of imide groups is 2. The van der Waals surface area contributed by atoms with Gasteiger partial charge in [-0.05, 0) is 67.6 Å². The number of alkyl halides is 2. The number of likely N-dealkylation sites (tertiary alicyclic amines) is 1. The fraction of sp³-hybridized carbons (Fsp3) is 0.357. The van der Waals surface area contributed by atoms with E-state index in [0.717, 1.165) is 17.0 Å². The summed E-state index contributed by atoms with van der Waals surface area (Å²) in [5, 5.41) is 10.3. The van der Waals surface area contributed by atoms with Crippen LogP contribution in [0, 0.1) is 23.6 Å². The molecule has 0 radical (unpaired) electrons. The lowest BCUT2D eigenvalue weighted by atomic mass is 9.56. The minimum atomic E-state index is -2.01. The molecule has 2 aromatic carbocycles. The van der Waals surface area contributed by atoms with Gasteiger partial charge in [0, 0.05) is 12.5 Å². The van der Waals surface area contributed by atoms with Gasteiger partial charge in [0.1, 0.15) is 11.6 Å². The SMILES string of the molecule is CCN1C(=O)[C@H]2[C@H](CC=C3[C@H]2C[C@@]2(Cl)C(=O)N(c4ccc(F)cc4)C(=O)[C@@]2(Cl)[C@H]3c2cccc(O)c2)C1=O. The zero-order valence-corrected chi connectivity index (χ0v) is 21.7. The van der Waals surface area contributed by atoms with Crippen molar-refractivity contribution in [2.24, 2.45) is 17.8 Å². The predicted molar refractivity (Wildman–Crippen MR) is 137 cm³/mol. The molecule has 1 saturated carbocycles. The molecule has 38 heavy (non-hydrogen) atoms. The molecule has 0 aromatic heterocycles. The first-order valence-corrected chi connectivity index (χ1v) is 13.2. The number of nitrogens with zero attached hydrogens (tertiary/aromatic N) is 2. The van der Waals surface area contributed by atoms with E-state index in [-0.39, 0.29) is 42.6 Å². The van der Waals surface area contributed by atoms with Crippen molar-refractivity contribution in [2.75, 3.05) is 11.4 Å². The van der Waals surface area contributed by atoms with Crippen LogP contribution >= 0.6 is 23.2 Å². The minimum absolute atomic E-state index is 0.0733. The molecule has 3 fully saturated rings. The van der Waals surface area contributed by atoms with E-state index < -0.39 is 51.1 Å². The third-order valence-corrected chi connectivity index (χ3v) is 9.92. The first kappa shape index (κ1) is 25.1. The standard InChI is InChI=1S/C28H23Cl2FN2O5/c1-2-32-23(35)19-11-10-18-20(21(19)24(32)36)13-27(29)25(37)33(16-8-6-15(31)7-9-16)26(38)28(27,30)22(18)14-4-3-5-17(34)12-14/h3-10,12,19-22,34H,2,11,13H2,1H3/t19-,20+,21-,22-,27+,28-/m0/s1. The van der Waals surface area contributed by atoms with Crippen LogP contribution in [0.4, 0.5) is 10.1 Å². The van der Waals surface area contributed by atoms with Gasteiger partial charge in [-0.2, -0.15) is 0 Å². The number of amides is 4. The Hall–Kier alpha value is -3.23. The third kappa shape index (κ3) is 3.07. The zero-order valence-electron chi connectivity index (χ0n) is 20.2. The summed E-state index contributed by atoms with van der Waals surface area (Å²) in [4.78, 5) is 52.7. The molecular formula is C28H23Cl2FN2O5. The van der Waals surface area contributed by atoms with E-state index in [0.29, 0.717) is 11.1 Å². The summed E-state index contributed by atoms with van der Waals surface area (Å²) >= 11 is 14.4. The number of benzene rings is 2. The maximum Gasteiger partial charge on any atom is 0.258 e. The number of carbonyl (C=O) groups is 4. The summed E-state index contributed by atoms with van der Waals surface area (Å²) in [5.74, 6) is -5.72. The predicted octanol–water partition coefficient (Wildman–Crippen LogP) is 4.11. The number of carbonyl (C=O) groups excluding carboxylic acids is 4. The number of allylic oxidation sites excluding steroid dienone is 2. The van der Waals surface area contributed by atoms with Gasteiger partial charge >= 0.3 is 0 Å². The first-order chi connectivity index (χ1) is 18.0. The van der Waals surface area contributed by atoms with Gasteiger partial charge in [-0.3, -0.25) is 24.1 Å². The van der Waals surface area contributed by atoms with Gasteiger partial charge < -0.3 is 5.11 Å². The van der Waals surface area contributed by atoms with Crippen LogP contribution in [0.2, 0.25) is 0 Å². The normalized spacial score (nSPS) is 34.3. The number of hydrogen-bond donors (Lipinski definition) is 1. The number of phenols is 1. The highest BCUT2D eigenvalue weighted by molar-refractivity contribution is 6.58. The number of phenolic OH excluding ortho intramolecular Hbond substituents is 1. The van der Waals surface area contributed by atoms with Crippen molar-refractivity contribution in [1.29, 1.82) is 0 Å². The lowest BCUT2D eigenvalue weighted by molar-refractivity contribution is -0.140. The van der Waals surface area contributed by atoms with Crippen LogP contribution in [0.15, 0.2) is 60.2 Å². The highest BCUT2D eigenvalue weighted by atomic mass is 35.5. The Balaban J connectivity index is 1.56. The maximum atomic E-state index is 14.1. The number of hydrogen-bond acceptors (Lipinski definition) is 5. The number of halogens is 3. The molecule has 2 saturated heterocycles. The van der Waals surface area contributed by atoms with Crippen LogP contribution in [0.1, 0.15) is 31.2 Å². The van der Waals surface area contributed by atoms with Gasteiger partial charge in [-0.1, -0.05) is 23.8 Å². The van der Waals surface area contributed by atoms with Crippen molar-refractivity contribution < 1.29 is 28.7 Å². The third-order valence-electron chi connectivity index (χ3n) is 8.51. The summed E-state index contributed by atoms with van der Waals surface area (Å²) in [6.45, 7) is 1.95. The lowest BCUT2D eigenvalue weighted by Crippen LogP contribution is -2.60. The molecule has 1 N–H and O–H groups in total. The summed E-state index contributed by atoms with van der Waals surface area (Å²) in [6.07, 6.45) is 1.97. The molecule has 2 heterocycles. The van der Waals surface area contributed by atoms with Gasteiger partial charge in [-0.25, -0.2) is 9.29 Å². The monoisotopic (exact) mass is 556 g/mol. The summed E-state index contributed by atoms with van der Waals surface area (Å²) < 4.78 is 13.7. The largest absolute Gasteiger partial charge is 0.508 e. The van der Waals surface area contributed by atoms with E-state index in [2.05, 4.69) is 0 Å². The summed E-state index contributed by atoms with van der Waals surface area (Å²) in [5.41, 5.74) is 1.21. The topological polar surface area (TPSA) is 95.0 Å². The number of anilines is 1. The summed E-state index contributed by atoms with van der Waals surface area (Å²) in [6, 6.07) is 11.1. The number of fused-ring (bicyclic) bond motifs is 4. The molecule has 2 aromatic rings. The number of rotatable bonds is 3. The van der Waals surface area contributed by atoms with Crippen molar-refractivity contribution in [3.8, 4) is 5.75 Å². The Kier molecular flexibility index (Phi) is 5.53. The molecule has 4 amide bonds. The minimum Gasteiger partial charge on any atom is -0.508 e. The highest BCUT2D eigenvalue weighted by Gasteiger charge is 2.76. The van der Waals surface area contributed by atoms with Crippen LogP contribution < -0.4 is 4.90 Å². The van der Waals surface area contributed by atoms with Crippen molar-refractivity contribution in [3.63, 3.8) is 0 Å².